The molecule has 0 radical (unpaired) electrons. The number of carbonyl (C=O) groups is 1. The van der Waals surface area contributed by atoms with Gasteiger partial charge in [0.15, 0.2) is 6.29 Å². The molecule has 0 aromatic carbocycles. The van der Waals surface area contributed by atoms with Gasteiger partial charge in [0.2, 0.25) is 5.91 Å². The minimum Gasteiger partial charge on any atom is -0.394 e. The van der Waals surface area contributed by atoms with Crippen molar-refractivity contribution in [2.45, 2.75) is 249 Å². The number of unbranched alkanes of at least 4 members (excludes halogenated alkanes) is 15. The van der Waals surface area contributed by atoms with Gasteiger partial charge in [-0.2, -0.15) is 0 Å². The van der Waals surface area contributed by atoms with Crippen LogP contribution in [0.2, 0.25) is 0 Å². The summed E-state index contributed by atoms with van der Waals surface area (Å²) in [6.45, 7) is 3.61. The summed E-state index contributed by atoms with van der Waals surface area (Å²) >= 11 is 0. The number of aliphatic hydroxyl groups is 5. The number of nitrogens with one attached hydrogen (secondary N) is 1. The fourth-order valence-electron chi connectivity index (χ4n) is 8.33. The maximum Gasteiger partial charge on any atom is 0.220 e. The number of hydrogen-bond acceptors (Lipinski definition) is 8. The van der Waals surface area contributed by atoms with Crippen LogP contribution in [-0.4, -0.2) is 87.5 Å². The molecular weight excluding hydrogens is 959 g/mol. The molecule has 0 bridgehead atoms. The van der Waals surface area contributed by atoms with Crippen LogP contribution in [0.1, 0.15) is 206 Å². The quantitative estimate of drug-likeness (QED) is 0.0261. The van der Waals surface area contributed by atoms with E-state index in [1.165, 1.54) is 70.6 Å². The van der Waals surface area contributed by atoms with E-state index in [9.17, 15) is 30.3 Å². The van der Waals surface area contributed by atoms with Crippen LogP contribution in [0.3, 0.4) is 0 Å². The van der Waals surface area contributed by atoms with Gasteiger partial charge in [0.1, 0.15) is 24.4 Å². The van der Waals surface area contributed by atoms with Gasteiger partial charge in [-0.1, -0.05) is 236 Å². The summed E-state index contributed by atoms with van der Waals surface area (Å²) in [4.78, 5) is 13.1. The molecule has 6 N–H and O–H groups in total. The summed E-state index contributed by atoms with van der Waals surface area (Å²) in [6, 6.07) is -0.865. The maximum atomic E-state index is 13.1. The largest absolute Gasteiger partial charge is 0.394 e. The van der Waals surface area contributed by atoms with E-state index in [-0.39, 0.29) is 18.9 Å². The lowest BCUT2D eigenvalue weighted by Gasteiger charge is -2.40. The van der Waals surface area contributed by atoms with Crippen molar-refractivity contribution in [2.24, 2.45) is 0 Å². The van der Waals surface area contributed by atoms with Crippen molar-refractivity contribution in [2.75, 3.05) is 13.2 Å². The van der Waals surface area contributed by atoms with Crippen LogP contribution in [-0.2, 0) is 14.3 Å². The Morgan fingerprint density at radius 2 is 0.818 bits per heavy atom. The van der Waals surface area contributed by atoms with Crippen molar-refractivity contribution in [1.82, 2.24) is 5.32 Å². The fourth-order valence-corrected chi connectivity index (χ4v) is 8.33. The van der Waals surface area contributed by atoms with E-state index in [2.05, 4.69) is 165 Å². The highest BCUT2D eigenvalue weighted by Gasteiger charge is 2.44. The summed E-state index contributed by atoms with van der Waals surface area (Å²) < 4.78 is 11.2. The van der Waals surface area contributed by atoms with Crippen LogP contribution in [0.15, 0.2) is 158 Å². The number of aliphatic hydroxyl groups excluding tert-OH is 5. The minimum atomic E-state index is -1.59. The summed E-state index contributed by atoms with van der Waals surface area (Å²) in [5, 5.41) is 54.5. The smallest absolute Gasteiger partial charge is 0.220 e. The van der Waals surface area contributed by atoms with Crippen LogP contribution < -0.4 is 5.32 Å². The molecule has 7 unspecified atom stereocenters. The average molecular weight is 1070 g/mol. The van der Waals surface area contributed by atoms with E-state index in [1.807, 2.05) is 6.08 Å². The normalized spacial score (nSPS) is 19.9. The molecule has 0 spiro atoms. The lowest BCUT2D eigenvalue weighted by molar-refractivity contribution is -0.302. The first-order valence-corrected chi connectivity index (χ1v) is 30.2. The van der Waals surface area contributed by atoms with Crippen molar-refractivity contribution in [3.8, 4) is 0 Å². The molecule has 1 saturated heterocycles. The monoisotopic (exact) mass is 1070 g/mol. The van der Waals surface area contributed by atoms with Gasteiger partial charge in [-0.15, -0.1) is 0 Å². The van der Waals surface area contributed by atoms with Crippen LogP contribution in [0.25, 0.3) is 0 Å². The van der Waals surface area contributed by atoms with Crippen LogP contribution in [0.4, 0.5) is 0 Å². The van der Waals surface area contributed by atoms with Gasteiger partial charge in [0.05, 0.1) is 25.4 Å². The zero-order valence-corrected chi connectivity index (χ0v) is 48.1. The summed E-state index contributed by atoms with van der Waals surface area (Å²) in [7, 11) is 0. The second kappa shape index (κ2) is 55.1. The molecule has 1 rings (SSSR count). The Labute approximate surface area is 469 Å². The highest BCUT2D eigenvalue weighted by atomic mass is 16.7. The van der Waals surface area contributed by atoms with E-state index < -0.39 is 49.5 Å². The first kappa shape index (κ1) is 70.8. The Bertz CT molecular complexity index is 1760. The molecule has 0 saturated carbocycles. The number of hydrogen-bond donors (Lipinski definition) is 6. The molecule has 0 aromatic rings. The fraction of sp³-hybridized carbons (Fsp3) is 0.603. The number of allylic oxidation sites excluding steroid dienone is 25. The van der Waals surface area contributed by atoms with Gasteiger partial charge in [0.25, 0.3) is 0 Å². The second-order valence-corrected chi connectivity index (χ2v) is 20.0. The molecule has 7 atom stereocenters. The second-order valence-electron chi connectivity index (χ2n) is 20.0. The van der Waals surface area contributed by atoms with Crippen molar-refractivity contribution in [1.29, 1.82) is 0 Å². The van der Waals surface area contributed by atoms with Crippen LogP contribution >= 0.6 is 0 Å². The molecule has 1 aliphatic rings. The lowest BCUT2D eigenvalue weighted by Crippen LogP contribution is -2.60. The van der Waals surface area contributed by atoms with E-state index in [1.54, 1.807) is 6.08 Å². The van der Waals surface area contributed by atoms with E-state index >= 15 is 0 Å². The SMILES string of the molecule is CC/C=C\C/C=C\C/C=C\C/C=C\C/C=C\C/C=C\C/C=C\C/C=C\C/C=C\C/C=C\CCCCC(=O)NC(COC1OC(CO)C(O)C(O)C1O)C(O)/C=C/CC/C=C/CC/C=C/CCCCCCCCCCCCC. The van der Waals surface area contributed by atoms with E-state index in [4.69, 9.17) is 9.47 Å². The summed E-state index contributed by atoms with van der Waals surface area (Å²) in [5.74, 6) is -0.240. The van der Waals surface area contributed by atoms with Gasteiger partial charge < -0.3 is 40.3 Å². The van der Waals surface area contributed by atoms with Gasteiger partial charge in [-0.05, 0) is 122 Å². The van der Waals surface area contributed by atoms with Gasteiger partial charge in [0, 0.05) is 6.42 Å². The standard InChI is InChI=1S/C68H109NO8/c1-3-5-7-9-11-13-15-17-19-21-23-25-26-27-28-29-30-31-32-33-34-35-36-38-40-42-44-46-48-50-52-54-56-58-64(72)69-61(60-76-68-67(75)66(74)65(73)63(59-70)77-68)62(71)57-55-53-51-49-47-45-43-41-39-37-24-22-20-18-16-14-12-10-8-6-4-2/h5,7,11,13,17,19,23,25,27-28,30-31,33-34,36,38-39,41-42,44,47-50,55,57,61-63,65-68,70-71,73-75H,3-4,6,8-10,12,14-16,18,20-22,24,26,29,32,35,37,40,43,45-46,51-54,56,58-60H2,1-2H3,(H,69,72)/b7-5-,13-11-,19-17-,25-23-,28-27-,31-30-,34-33-,38-36-,41-39+,44-42-,49-47+,50-48-,57-55+. The summed E-state index contributed by atoms with van der Waals surface area (Å²) in [6.07, 6.45) is 80.2. The van der Waals surface area contributed by atoms with Gasteiger partial charge in [-0.25, -0.2) is 0 Å². The van der Waals surface area contributed by atoms with Crippen molar-refractivity contribution < 1.29 is 39.8 Å². The molecule has 0 aliphatic carbocycles. The number of amides is 1. The predicted octanol–water partition coefficient (Wildman–Crippen LogP) is 15.6. The zero-order valence-electron chi connectivity index (χ0n) is 48.1. The van der Waals surface area contributed by atoms with E-state index in [0.717, 1.165) is 103 Å². The van der Waals surface area contributed by atoms with Crippen LogP contribution in [0.5, 0.6) is 0 Å². The first-order chi connectivity index (χ1) is 37.8. The predicted molar refractivity (Wildman–Crippen MR) is 326 cm³/mol. The van der Waals surface area contributed by atoms with Gasteiger partial charge in [-0.3, -0.25) is 4.79 Å². The Kier molecular flexibility index (Phi) is 50.7. The number of carbonyl (C=O) groups excluding carboxylic acids is 1. The Morgan fingerprint density at radius 1 is 0.455 bits per heavy atom. The molecule has 1 aliphatic heterocycles. The van der Waals surface area contributed by atoms with Gasteiger partial charge >= 0.3 is 0 Å². The lowest BCUT2D eigenvalue weighted by atomic mass is 9.99. The molecule has 1 fully saturated rings. The third kappa shape index (κ3) is 44.4. The highest BCUT2D eigenvalue weighted by Crippen LogP contribution is 2.22. The molecule has 434 valence electrons. The van der Waals surface area contributed by atoms with Crippen molar-refractivity contribution in [3.05, 3.63) is 158 Å². The third-order valence-electron chi connectivity index (χ3n) is 13.1. The Balaban J connectivity index is 2.31. The topological polar surface area (TPSA) is 149 Å². The molecule has 1 heterocycles. The minimum absolute atomic E-state index is 0.235. The molecular formula is C68H109NO8. The van der Waals surface area contributed by atoms with Crippen molar-refractivity contribution >= 4 is 5.91 Å². The highest BCUT2D eigenvalue weighted by molar-refractivity contribution is 5.76. The number of ether oxygens (including phenoxy) is 2. The first-order valence-electron chi connectivity index (χ1n) is 30.2. The van der Waals surface area contributed by atoms with Crippen molar-refractivity contribution in [3.63, 3.8) is 0 Å². The maximum absolute atomic E-state index is 13.1. The molecule has 9 nitrogen and oxygen atoms in total. The Hall–Kier alpha value is -4.19. The molecule has 0 aromatic heterocycles. The molecule has 1 amide bonds. The zero-order chi connectivity index (χ0) is 55.8. The number of rotatable bonds is 49. The third-order valence-corrected chi connectivity index (χ3v) is 13.1. The average Bonchev–Trinajstić information content (AvgIpc) is 3.43. The Morgan fingerprint density at radius 3 is 1.25 bits per heavy atom. The molecule has 9 heteroatoms. The van der Waals surface area contributed by atoms with E-state index in [0.29, 0.717) is 12.8 Å². The van der Waals surface area contributed by atoms with Crippen LogP contribution in [0, 0.1) is 0 Å². The summed E-state index contributed by atoms with van der Waals surface area (Å²) in [5.41, 5.74) is 0. The molecule has 77 heavy (non-hydrogen) atoms.